The van der Waals surface area contributed by atoms with Gasteiger partial charge in [-0.05, 0) is 12.8 Å². The van der Waals surface area contributed by atoms with Gasteiger partial charge in [0.25, 0.3) is 0 Å². The fraction of sp³-hybridized carbons (Fsp3) is 0.556. The minimum atomic E-state index is -1.03. The normalized spacial score (nSPS) is 25.9. The summed E-state index contributed by atoms with van der Waals surface area (Å²) < 4.78 is 0. The number of alkyl halides is 1. The molecule has 0 spiro atoms. The van der Waals surface area contributed by atoms with Gasteiger partial charge in [0, 0.05) is 0 Å². The zero-order chi connectivity index (χ0) is 10.7. The van der Waals surface area contributed by atoms with Crippen molar-refractivity contribution in [1.29, 1.82) is 0 Å². The summed E-state index contributed by atoms with van der Waals surface area (Å²) in [5.41, 5.74) is 0. The lowest BCUT2D eigenvalue weighted by atomic mass is 10.2. The number of nitrogens with zero attached hydrogens (tertiary/aromatic N) is 1. The van der Waals surface area contributed by atoms with Crippen molar-refractivity contribution >= 4 is 23.5 Å². The summed E-state index contributed by atoms with van der Waals surface area (Å²) in [5, 5.41) is 8.84. The van der Waals surface area contributed by atoms with Gasteiger partial charge in [0.1, 0.15) is 11.9 Å². The van der Waals surface area contributed by atoms with Crippen molar-refractivity contribution < 1.29 is 14.7 Å². The Kier molecular flexibility index (Phi) is 3.37. The quantitative estimate of drug-likeness (QED) is 0.533. The lowest BCUT2D eigenvalue weighted by Gasteiger charge is -2.24. The molecule has 1 fully saturated rings. The molecule has 0 radical (unpaired) electrons. The van der Waals surface area contributed by atoms with Crippen LogP contribution in [0.4, 0.5) is 0 Å². The maximum atomic E-state index is 11.3. The molecule has 2 atom stereocenters. The molecule has 5 heteroatoms. The highest BCUT2D eigenvalue weighted by Gasteiger charge is 2.39. The van der Waals surface area contributed by atoms with Gasteiger partial charge in [0.2, 0.25) is 5.91 Å². The third-order valence-electron chi connectivity index (χ3n) is 2.26. The number of hydrogen-bond acceptors (Lipinski definition) is 2. The Hall–Kier alpha value is -1.21. The Balaban J connectivity index is 2.87. The topological polar surface area (TPSA) is 57.6 Å². The molecule has 1 aliphatic heterocycles. The molecule has 0 bridgehead atoms. The van der Waals surface area contributed by atoms with Gasteiger partial charge in [-0.2, -0.15) is 0 Å². The molecule has 0 aromatic carbocycles. The first kappa shape index (κ1) is 10.9. The van der Waals surface area contributed by atoms with Gasteiger partial charge < -0.3 is 10.0 Å². The molecule has 1 saturated heterocycles. The molecule has 0 aliphatic carbocycles. The van der Waals surface area contributed by atoms with Crippen molar-refractivity contribution in [2.24, 2.45) is 0 Å². The van der Waals surface area contributed by atoms with Gasteiger partial charge in [-0.3, -0.25) is 4.79 Å². The molecule has 2 unspecified atom stereocenters. The number of amides is 1. The lowest BCUT2D eigenvalue weighted by molar-refractivity contribution is -0.148. The van der Waals surface area contributed by atoms with E-state index in [1.54, 1.807) is 0 Å². The monoisotopic (exact) mass is 215 g/mol. The van der Waals surface area contributed by atoms with Gasteiger partial charge in [0.05, 0.1) is 6.04 Å². The first-order chi connectivity index (χ1) is 6.61. The Bertz CT molecular complexity index is 297. The van der Waals surface area contributed by atoms with E-state index in [2.05, 4.69) is 5.92 Å². The number of hydrogen-bond donors (Lipinski definition) is 1. The van der Waals surface area contributed by atoms with E-state index in [4.69, 9.17) is 23.1 Å². The molecule has 0 aromatic heterocycles. The highest BCUT2D eigenvalue weighted by Crippen LogP contribution is 2.24. The van der Waals surface area contributed by atoms with Gasteiger partial charge in [0.15, 0.2) is 0 Å². The number of aliphatic carboxylic acids is 1. The van der Waals surface area contributed by atoms with Crippen LogP contribution < -0.4 is 0 Å². The summed E-state index contributed by atoms with van der Waals surface area (Å²) in [6.45, 7) is 0. The van der Waals surface area contributed by atoms with Crippen LogP contribution in [0.15, 0.2) is 0 Å². The Labute approximate surface area is 86.8 Å². The Morgan fingerprint density at radius 1 is 1.57 bits per heavy atom. The van der Waals surface area contributed by atoms with Crippen molar-refractivity contribution in [1.82, 2.24) is 4.90 Å². The fourth-order valence-corrected chi connectivity index (χ4v) is 1.77. The van der Waals surface area contributed by atoms with Crippen LogP contribution in [0.3, 0.4) is 0 Å². The maximum Gasteiger partial charge on any atom is 0.326 e. The molecule has 76 valence electrons. The minimum absolute atomic E-state index is 0.234. The van der Waals surface area contributed by atoms with E-state index in [-0.39, 0.29) is 5.88 Å². The molecule has 1 heterocycles. The van der Waals surface area contributed by atoms with Crippen LogP contribution in [-0.4, -0.2) is 39.8 Å². The standard InChI is InChI=1S/C9H10ClNO3/c1-2-6-3-4-7(9(13)14)11(6)8(12)5-10/h1,6-7H,3-5H2,(H,13,14). The highest BCUT2D eigenvalue weighted by molar-refractivity contribution is 6.27. The number of carboxylic acids is 1. The molecule has 0 aromatic rings. The number of rotatable bonds is 2. The van der Waals surface area contributed by atoms with Crippen LogP contribution in [0.2, 0.25) is 0 Å². The predicted octanol–water partition coefficient (Wildman–Crippen LogP) is 0.303. The van der Waals surface area contributed by atoms with E-state index >= 15 is 0 Å². The second kappa shape index (κ2) is 4.34. The number of halogens is 1. The third-order valence-corrected chi connectivity index (χ3v) is 2.49. The summed E-state index contributed by atoms with van der Waals surface area (Å²) in [5.74, 6) is 0.719. The largest absolute Gasteiger partial charge is 0.480 e. The molecule has 4 nitrogen and oxygen atoms in total. The van der Waals surface area contributed by atoms with Crippen LogP contribution in [0.25, 0.3) is 0 Å². The second-order valence-corrected chi connectivity index (χ2v) is 3.32. The molecule has 14 heavy (non-hydrogen) atoms. The predicted molar refractivity (Wildman–Crippen MR) is 50.8 cm³/mol. The Morgan fingerprint density at radius 2 is 2.21 bits per heavy atom. The fourth-order valence-electron chi connectivity index (χ4n) is 1.63. The number of likely N-dealkylation sites (tertiary alicyclic amines) is 1. The van der Waals surface area contributed by atoms with Crippen molar-refractivity contribution in [3.05, 3.63) is 0 Å². The van der Waals surface area contributed by atoms with E-state index in [1.165, 1.54) is 4.90 Å². The first-order valence-corrected chi connectivity index (χ1v) is 4.71. The average molecular weight is 216 g/mol. The van der Waals surface area contributed by atoms with Gasteiger partial charge >= 0.3 is 5.97 Å². The molecule has 0 saturated carbocycles. The summed E-state index contributed by atoms with van der Waals surface area (Å²) in [4.78, 5) is 23.3. The second-order valence-electron chi connectivity index (χ2n) is 3.05. The lowest BCUT2D eigenvalue weighted by Crippen LogP contribution is -2.45. The van der Waals surface area contributed by atoms with E-state index in [1.807, 2.05) is 0 Å². The minimum Gasteiger partial charge on any atom is -0.480 e. The SMILES string of the molecule is C#CC1CCC(C(=O)O)N1C(=O)CCl. The summed E-state index contributed by atoms with van der Waals surface area (Å²) in [6, 6.07) is -1.25. The molecule has 1 N–H and O–H groups in total. The van der Waals surface area contributed by atoms with Crippen molar-refractivity contribution in [2.75, 3.05) is 5.88 Å². The van der Waals surface area contributed by atoms with E-state index in [9.17, 15) is 9.59 Å². The van der Waals surface area contributed by atoms with Gasteiger partial charge in [-0.25, -0.2) is 4.79 Å². The molecule has 1 rings (SSSR count). The summed E-state index contributed by atoms with van der Waals surface area (Å²) in [6.07, 6.45) is 6.12. The molecule has 1 aliphatic rings. The van der Waals surface area contributed by atoms with E-state index in [0.29, 0.717) is 12.8 Å². The van der Waals surface area contributed by atoms with Gasteiger partial charge in [-0.1, -0.05) is 5.92 Å². The summed E-state index contributed by atoms with van der Waals surface area (Å²) >= 11 is 5.37. The highest BCUT2D eigenvalue weighted by atomic mass is 35.5. The number of terminal acetylenes is 1. The molecular weight excluding hydrogens is 206 g/mol. The zero-order valence-electron chi connectivity index (χ0n) is 7.44. The Morgan fingerprint density at radius 3 is 2.64 bits per heavy atom. The van der Waals surface area contributed by atoms with E-state index in [0.717, 1.165) is 0 Å². The molecule has 1 amide bonds. The van der Waals surface area contributed by atoms with Crippen LogP contribution >= 0.6 is 11.6 Å². The third kappa shape index (κ3) is 1.83. The molecular formula is C9H10ClNO3. The van der Waals surface area contributed by atoms with Gasteiger partial charge in [-0.15, -0.1) is 18.0 Å². The zero-order valence-corrected chi connectivity index (χ0v) is 8.20. The van der Waals surface area contributed by atoms with Crippen LogP contribution in [0.1, 0.15) is 12.8 Å². The number of carbonyl (C=O) groups is 2. The van der Waals surface area contributed by atoms with Crippen molar-refractivity contribution in [2.45, 2.75) is 24.9 Å². The maximum absolute atomic E-state index is 11.3. The van der Waals surface area contributed by atoms with Crippen LogP contribution in [-0.2, 0) is 9.59 Å². The summed E-state index contributed by atoms with van der Waals surface area (Å²) in [7, 11) is 0. The smallest absolute Gasteiger partial charge is 0.326 e. The van der Waals surface area contributed by atoms with Crippen LogP contribution in [0.5, 0.6) is 0 Å². The number of carboxylic acid groups (broad SMARTS) is 1. The first-order valence-electron chi connectivity index (χ1n) is 4.18. The van der Waals surface area contributed by atoms with Crippen molar-refractivity contribution in [3.63, 3.8) is 0 Å². The van der Waals surface area contributed by atoms with E-state index < -0.39 is 24.0 Å². The van der Waals surface area contributed by atoms with Crippen LogP contribution in [0, 0.1) is 12.3 Å². The average Bonchev–Trinajstić information content (AvgIpc) is 2.59. The van der Waals surface area contributed by atoms with Crippen molar-refractivity contribution in [3.8, 4) is 12.3 Å². The number of carbonyl (C=O) groups excluding carboxylic acids is 1.